The van der Waals surface area contributed by atoms with E-state index in [4.69, 9.17) is 0 Å². The van der Waals surface area contributed by atoms with E-state index in [0.717, 1.165) is 30.6 Å². The number of fused-ring (bicyclic) bond motifs is 3. The van der Waals surface area contributed by atoms with Gasteiger partial charge in [0.1, 0.15) is 12.4 Å². The van der Waals surface area contributed by atoms with E-state index >= 15 is 0 Å². The van der Waals surface area contributed by atoms with Gasteiger partial charge in [0.05, 0.1) is 11.0 Å². The molecule has 1 N–H and O–H groups in total. The largest absolute Gasteiger partial charge is 0.325 e. The molecule has 0 spiro atoms. The average molecular weight is 389 g/mol. The summed E-state index contributed by atoms with van der Waals surface area (Å²) in [4.78, 5) is 25.8. The van der Waals surface area contributed by atoms with Crippen LogP contribution in [0.25, 0.3) is 16.7 Å². The molecule has 0 atom stereocenters. The van der Waals surface area contributed by atoms with Gasteiger partial charge in [-0.1, -0.05) is 38.1 Å². The summed E-state index contributed by atoms with van der Waals surface area (Å²) in [6.45, 7) is 4.04. The third kappa shape index (κ3) is 3.51. The van der Waals surface area contributed by atoms with Gasteiger partial charge in [0, 0.05) is 12.1 Å². The molecule has 0 aliphatic carbocycles. The first-order valence-electron chi connectivity index (χ1n) is 9.86. The molecule has 4 rings (SSSR count). The molecule has 2 aromatic heterocycles. The molecule has 148 valence electrons. The Bertz CT molecular complexity index is 1240. The Balaban J connectivity index is 1.73. The molecule has 0 bridgehead atoms. The van der Waals surface area contributed by atoms with Crippen LogP contribution in [0.1, 0.15) is 31.7 Å². The fourth-order valence-corrected chi connectivity index (χ4v) is 3.53. The SMILES string of the molecule is CCCc1nnc2c(=O)n(CC(=O)Nc3ccc(CC)cc3)c3ccccc3n12. The first-order valence-corrected chi connectivity index (χ1v) is 9.86. The maximum absolute atomic E-state index is 13.1. The van der Waals surface area contributed by atoms with Crippen LogP contribution in [0.5, 0.6) is 0 Å². The first-order chi connectivity index (χ1) is 14.1. The highest BCUT2D eigenvalue weighted by Gasteiger charge is 2.17. The maximum atomic E-state index is 13.1. The van der Waals surface area contributed by atoms with Crippen molar-refractivity contribution in [3.63, 3.8) is 0 Å². The molecule has 0 saturated heterocycles. The van der Waals surface area contributed by atoms with Crippen LogP contribution in [-0.4, -0.2) is 25.1 Å². The Kier molecular flexibility index (Phi) is 5.12. The lowest BCUT2D eigenvalue weighted by atomic mass is 10.1. The summed E-state index contributed by atoms with van der Waals surface area (Å²) < 4.78 is 3.27. The summed E-state index contributed by atoms with van der Waals surface area (Å²) in [5, 5.41) is 11.2. The Morgan fingerprint density at radius 1 is 1.00 bits per heavy atom. The molecule has 0 aliphatic heterocycles. The van der Waals surface area contributed by atoms with Gasteiger partial charge < -0.3 is 5.32 Å². The van der Waals surface area contributed by atoms with Gasteiger partial charge in [0.15, 0.2) is 0 Å². The third-order valence-electron chi connectivity index (χ3n) is 5.00. The van der Waals surface area contributed by atoms with Crippen molar-refractivity contribution in [3.05, 3.63) is 70.3 Å². The fraction of sp³-hybridized carbons (Fsp3) is 0.273. The van der Waals surface area contributed by atoms with Crippen LogP contribution in [0.2, 0.25) is 0 Å². The monoisotopic (exact) mass is 389 g/mol. The normalized spacial score (nSPS) is 11.2. The topological polar surface area (TPSA) is 81.3 Å². The molecular weight excluding hydrogens is 366 g/mol. The number of hydrogen-bond acceptors (Lipinski definition) is 4. The standard InChI is InChI=1S/C22H23N5O2/c1-3-7-19-24-25-21-22(29)26(17-8-5-6-9-18(17)27(19)21)14-20(28)23-16-12-10-15(4-2)11-13-16/h5-6,8-13H,3-4,7,14H2,1-2H3,(H,23,28). The van der Waals surface area contributed by atoms with E-state index in [1.54, 1.807) is 4.40 Å². The first kappa shape index (κ1) is 18.9. The molecular formula is C22H23N5O2. The van der Waals surface area contributed by atoms with E-state index in [0.29, 0.717) is 11.2 Å². The zero-order chi connectivity index (χ0) is 20.4. The minimum absolute atomic E-state index is 0.0959. The zero-order valence-corrected chi connectivity index (χ0v) is 16.6. The van der Waals surface area contributed by atoms with Gasteiger partial charge >= 0.3 is 0 Å². The van der Waals surface area contributed by atoms with Gasteiger partial charge in [0.2, 0.25) is 11.6 Å². The van der Waals surface area contributed by atoms with Crippen molar-refractivity contribution in [3.8, 4) is 0 Å². The summed E-state index contributed by atoms with van der Waals surface area (Å²) in [5.41, 5.74) is 3.32. The molecule has 1 amide bonds. The van der Waals surface area contributed by atoms with Gasteiger partial charge in [-0.05, 0) is 42.7 Å². The van der Waals surface area contributed by atoms with Crippen LogP contribution in [0.3, 0.4) is 0 Å². The van der Waals surface area contributed by atoms with E-state index in [-0.39, 0.29) is 23.7 Å². The van der Waals surface area contributed by atoms with Crippen LogP contribution < -0.4 is 10.9 Å². The quantitative estimate of drug-likeness (QED) is 0.549. The molecule has 29 heavy (non-hydrogen) atoms. The third-order valence-corrected chi connectivity index (χ3v) is 5.00. The number of hydrogen-bond donors (Lipinski definition) is 1. The number of aryl methyl sites for hydroxylation is 2. The summed E-state index contributed by atoms with van der Waals surface area (Å²) in [6.07, 6.45) is 2.56. The van der Waals surface area contributed by atoms with Crippen LogP contribution in [0, 0.1) is 0 Å². The number of carbonyl (C=O) groups is 1. The number of amides is 1. The molecule has 7 heteroatoms. The number of para-hydroxylation sites is 2. The van der Waals surface area contributed by atoms with Crippen molar-refractivity contribution >= 4 is 28.3 Å². The number of nitrogens with zero attached hydrogens (tertiary/aromatic N) is 4. The predicted molar refractivity (Wildman–Crippen MR) is 113 cm³/mol. The molecule has 0 fully saturated rings. The van der Waals surface area contributed by atoms with Gasteiger partial charge in [-0.3, -0.25) is 18.6 Å². The molecule has 0 radical (unpaired) electrons. The number of carbonyl (C=O) groups excluding carboxylic acids is 1. The van der Waals surface area contributed by atoms with Crippen LogP contribution in [-0.2, 0) is 24.2 Å². The maximum Gasteiger partial charge on any atom is 0.297 e. The minimum Gasteiger partial charge on any atom is -0.325 e. The highest BCUT2D eigenvalue weighted by molar-refractivity contribution is 5.91. The number of nitrogens with one attached hydrogen (secondary N) is 1. The van der Waals surface area contributed by atoms with Crippen LogP contribution in [0.15, 0.2) is 53.3 Å². The minimum atomic E-state index is -0.324. The Hall–Kier alpha value is -3.48. The van der Waals surface area contributed by atoms with Crippen molar-refractivity contribution in [2.24, 2.45) is 0 Å². The summed E-state index contributed by atoms with van der Waals surface area (Å²) in [6, 6.07) is 15.2. The van der Waals surface area contributed by atoms with Gasteiger partial charge in [0.25, 0.3) is 5.56 Å². The second kappa shape index (κ2) is 7.87. The fourth-order valence-electron chi connectivity index (χ4n) is 3.53. The van der Waals surface area contributed by atoms with Gasteiger partial charge in [-0.2, -0.15) is 0 Å². The van der Waals surface area contributed by atoms with Crippen molar-refractivity contribution < 1.29 is 4.79 Å². The molecule has 4 aromatic rings. The van der Waals surface area contributed by atoms with Crippen molar-refractivity contribution in [2.75, 3.05) is 5.32 Å². The summed E-state index contributed by atoms with van der Waals surface area (Å²) in [7, 11) is 0. The highest BCUT2D eigenvalue weighted by Crippen LogP contribution is 2.17. The Morgan fingerprint density at radius 2 is 1.72 bits per heavy atom. The Morgan fingerprint density at radius 3 is 2.41 bits per heavy atom. The molecule has 0 aliphatic rings. The summed E-state index contributed by atoms with van der Waals surface area (Å²) in [5.74, 6) is 0.488. The number of aromatic nitrogens is 4. The average Bonchev–Trinajstić information content (AvgIpc) is 3.16. The van der Waals surface area contributed by atoms with Gasteiger partial charge in [-0.25, -0.2) is 0 Å². The van der Waals surface area contributed by atoms with Crippen molar-refractivity contribution in [1.82, 2.24) is 19.2 Å². The van der Waals surface area contributed by atoms with E-state index in [2.05, 4.69) is 29.4 Å². The predicted octanol–water partition coefficient (Wildman–Crippen LogP) is 3.20. The van der Waals surface area contributed by atoms with E-state index in [1.165, 1.54) is 10.1 Å². The lowest BCUT2D eigenvalue weighted by Gasteiger charge is -2.13. The molecule has 0 unspecified atom stereocenters. The molecule has 7 nitrogen and oxygen atoms in total. The zero-order valence-electron chi connectivity index (χ0n) is 16.6. The lowest BCUT2D eigenvalue weighted by Crippen LogP contribution is -2.29. The molecule has 2 aromatic carbocycles. The smallest absolute Gasteiger partial charge is 0.297 e. The Labute approximate surface area is 168 Å². The van der Waals surface area contributed by atoms with Crippen molar-refractivity contribution in [1.29, 1.82) is 0 Å². The van der Waals surface area contributed by atoms with E-state index in [9.17, 15) is 9.59 Å². The lowest BCUT2D eigenvalue weighted by molar-refractivity contribution is -0.116. The second-order valence-electron chi connectivity index (χ2n) is 7.00. The number of rotatable bonds is 6. The van der Waals surface area contributed by atoms with Crippen molar-refractivity contribution in [2.45, 2.75) is 39.7 Å². The second-order valence-corrected chi connectivity index (χ2v) is 7.00. The summed E-state index contributed by atoms with van der Waals surface area (Å²) >= 11 is 0. The number of benzene rings is 2. The van der Waals surface area contributed by atoms with E-state index < -0.39 is 0 Å². The number of anilines is 1. The van der Waals surface area contributed by atoms with Crippen LogP contribution in [0.4, 0.5) is 5.69 Å². The highest BCUT2D eigenvalue weighted by atomic mass is 16.2. The van der Waals surface area contributed by atoms with Gasteiger partial charge in [-0.15, -0.1) is 10.2 Å². The van der Waals surface area contributed by atoms with Crippen LogP contribution >= 0.6 is 0 Å². The molecule has 0 saturated carbocycles. The molecule has 2 heterocycles. The van der Waals surface area contributed by atoms with E-state index in [1.807, 2.05) is 48.5 Å².